The van der Waals surface area contributed by atoms with E-state index in [9.17, 15) is 4.39 Å². The molecule has 18 heavy (non-hydrogen) atoms. The van der Waals surface area contributed by atoms with Crippen LogP contribution in [-0.4, -0.2) is 16.9 Å². The third-order valence-corrected chi connectivity index (χ3v) is 3.20. The molecule has 2 rings (SSSR count). The summed E-state index contributed by atoms with van der Waals surface area (Å²) in [5.74, 6) is -0.230. The van der Waals surface area contributed by atoms with Crippen LogP contribution in [0.4, 0.5) is 4.39 Å². The van der Waals surface area contributed by atoms with Gasteiger partial charge in [-0.1, -0.05) is 12.1 Å². The van der Waals surface area contributed by atoms with Gasteiger partial charge in [-0.3, -0.25) is 9.88 Å². The predicted molar refractivity (Wildman–Crippen MR) is 73.5 cm³/mol. The summed E-state index contributed by atoms with van der Waals surface area (Å²) in [6.45, 7) is 1.53. The number of nitrogens with zero attached hydrogens (tertiary/aromatic N) is 2. The second-order valence-corrected chi connectivity index (χ2v) is 5.10. The standard InChI is InChI=1S/C14H14BrFN2/c1-18(10-12-4-2-3-7-17-12)9-11-5-6-14(16)13(15)8-11/h2-8H,9-10H2,1H3. The van der Waals surface area contributed by atoms with Gasteiger partial charge in [0, 0.05) is 19.3 Å². The molecule has 0 aliphatic carbocycles. The van der Waals surface area contributed by atoms with Crippen molar-refractivity contribution in [1.29, 1.82) is 0 Å². The van der Waals surface area contributed by atoms with Crippen molar-refractivity contribution in [3.05, 3.63) is 64.1 Å². The van der Waals surface area contributed by atoms with Crippen molar-refractivity contribution >= 4 is 15.9 Å². The molecular weight excluding hydrogens is 295 g/mol. The van der Waals surface area contributed by atoms with E-state index in [0.29, 0.717) is 4.47 Å². The zero-order valence-electron chi connectivity index (χ0n) is 10.1. The van der Waals surface area contributed by atoms with Crippen molar-refractivity contribution in [2.24, 2.45) is 0 Å². The van der Waals surface area contributed by atoms with E-state index in [1.807, 2.05) is 31.3 Å². The van der Waals surface area contributed by atoms with Crippen molar-refractivity contribution in [2.45, 2.75) is 13.1 Å². The Labute approximate surface area is 115 Å². The van der Waals surface area contributed by atoms with Gasteiger partial charge in [0.15, 0.2) is 0 Å². The highest BCUT2D eigenvalue weighted by atomic mass is 79.9. The van der Waals surface area contributed by atoms with Crippen LogP contribution in [-0.2, 0) is 13.1 Å². The van der Waals surface area contributed by atoms with Gasteiger partial charge in [-0.15, -0.1) is 0 Å². The second-order valence-electron chi connectivity index (χ2n) is 4.24. The minimum Gasteiger partial charge on any atom is -0.296 e. The Morgan fingerprint density at radius 2 is 2.06 bits per heavy atom. The predicted octanol–water partition coefficient (Wildman–Crippen LogP) is 3.62. The van der Waals surface area contributed by atoms with Gasteiger partial charge in [-0.05, 0) is 52.8 Å². The number of pyridine rings is 1. The molecule has 0 fully saturated rings. The molecule has 4 heteroatoms. The SMILES string of the molecule is CN(Cc1ccc(F)c(Br)c1)Cc1ccccn1. The molecule has 0 bridgehead atoms. The lowest BCUT2D eigenvalue weighted by Gasteiger charge is -2.16. The van der Waals surface area contributed by atoms with Crippen LogP contribution in [0.2, 0.25) is 0 Å². The van der Waals surface area contributed by atoms with Gasteiger partial charge in [0.05, 0.1) is 10.2 Å². The second kappa shape index (κ2) is 6.07. The molecule has 0 amide bonds. The van der Waals surface area contributed by atoms with Crippen LogP contribution in [0.1, 0.15) is 11.3 Å². The third kappa shape index (κ3) is 3.62. The molecule has 0 N–H and O–H groups in total. The van der Waals surface area contributed by atoms with Gasteiger partial charge in [0.2, 0.25) is 0 Å². The molecule has 0 aliphatic rings. The Balaban J connectivity index is 1.99. The molecule has 2 aromatic rings. The summed E-state index contributed by atoms with van der Waals surface area (Å²) < 4.78 is 13.6. The van der Waals surface area contributed by atoms with Crippen LogP contribution in [0.25, 0.3) is 0 Å². The molecule has 1 aromatic heterocycles. The van der Waals surface area contributed by atoms with Gasteiger partial charge in [0.1, 0.15) is 5.82 Å². The molecule has 94 valence electrons. The van der Waals surface area contributed by atoms with Crippen molar-refractivity contribution in [3.8, 4) is 0 Å². The summed E-state index contributed by atoms with van der Waals surface area (Å²) in [5, 5.41) is 0. The quantitative estimate of drug-likeness (QED) is 0.857. The van der Waals surface area contributed by atoms with E-state index in [2.05, 4.69) is 25.8 Å². The van der Waals surface area contributed by atoms with E-state index >= 15 is 0 Å². The number of rotatable bonds is 4. The molecule has 0 unspecified atom stereocenters. The van der Waals surface area contributed by atoms with E-state index in [1.54, 1.807) is 12.3 Å². The Hall–Kier alpha value is -1.26. The number of hydrogen-bond acceptors (Lipinski definition) is 2. The number of hydrogen-bond donors (Lipinski definition) is 0. The molecule has 0 atom stereocenters. The van der Waals surface area contributed by atoms with Gasteiger partial charge in [0.25, 0.3) is 0 Å². The number of benzene rings is 1. The molecule has 0 saturated carbocycles. The fraction of sp³-hybridized carbons (Fsp3) is 0.214. The van der Waals surface area contributed by atoms with E-state index < -0.39 is 0 Å². The van der Waals surface area contributed by atoms with Crippen molar-refractivity contribution < 1.29 is 4.39 Å². The zero-order valence-corrected chi connectivity index (χ0v) is 11.7. The van der Waals surface area contributed by atoms with Crippen LogP contribution >= 0.6 is 15.9 Å². The fourth-order valence-electron chi connectivity index (χ4n) is 1.77. The van der Waals surface area contributed by atoms with E-state index in [4.69, 9.17) is 0 Å². The van der Waals surface area contributed by atoms with Crippen molar-refractivity contribution in [1.82, 2.24) is 9.88 Å². The van der Waals surface area contributed by atoms with Crippen LogP contribution in [0, 0.1) is 5.82 Å². The zero-order chi connectivity index (χ0) is 13.0. The third-order valence-electron chi connectivity index (χ3n) is 2.59. The maximum absolute atomic E-state index is 13.1. The van der Waals surface area contributed by atoms with Crippen LogP contribution in [0.15, 0.2) is 47.1 Å². The molecule has 1 heterocycles. The summed E-state index contributed by atoms with van der Waals surface area (Å²) in [6.07, 6.45) is 1.79. The average Bonchev–Trinajstić information content (AvgIpc) is 2.35. The van der Waals surface area contributed by atoms with Gasteiger partial charge >= 0.3 is 0 Å². The molecule has 0 saturated heterocycles. The van der Waals surface area contributed by atoms with Crippen molar-refractivity contribution in [2.75, 3.05) is 7.05 Å². The molecule has 0 spiro atoms. The molecular formula is C14H14BrFN2. The highest BCUT2D eigenvalue weighted by Gasteiger charge is 2.05. The highest BCUT2D eigenvalue weighted by molar-refractivity contribution is 9.10. The highest BCUT2D eigenvalue weighted by Crippen LogP contribution is 2.18. The van der Waals surface area contributed by atoms with Gasteiger partial charge in [-0.2, -0.15) is 0 Å². The summed E-state index contributed by atoms with van der Waals surface area (Å²) in [7, 11) is 2.02. The lowest BCUT2D eigenvalue weighted by atomic mass is 10.2. The monoisotopic (exact) mass is 308 g/mol. The lowest BCUT2D eigenvalue weighted by molar-refractivity contribution is 0.315. The maximum atomic E-state index is 13.1. The lowest BCUT2D eigenvalue weighted by Crippen LogP contribution is -2.17. The first-order valence-corrected chi connectivity index (χ1v) is 6.47. The first kappa shape index (κ1) is 13.2. The Kier molecular flexibility index (Phi) is 4.44. The van der Waals surface area contributed by atoms with Crippen molar-refractivity contribution in [3.63, 3.8) is 0 Å². The van der Waals surface area contributed by atoms with E-state index in [-0.39, 0.29) is 5.82 Å². The largest absolute Gasteiger partial charge is 0.296 e. The summed E-state index contributed by atoms with van der Waals surface area (Å²) in [6, 6.07) is 11.0. The Morgan fingerprint density at radius 1 is 1.22 bits per heavy atom. The summed E-state index contributed by atoms with van der Waals surface area (Å²) >= 11 is 3.20. The molecule has 2 nitrogen and oxygen atoms in total. The van der Waals surface area contributed by atoms with E-state index in [1.165, 1.54) is 6.07 Å². The van der Waals surface area contributed by atoms with Gasteiger partial charge in [-0.25, -0.2) is 4.39 Å². The maximum Gasteiger partial charge on any atom is 0.137 e. The normalized spacial score (nSPS) is 10.9. The fourth-order valence-corrected chi connectivity index (χ4v) is 2.20. The minimum atomic E-state index is -0.230. The number of halogens is 2. The first-order chi connectivity index (χ1) is 8.65. The topological polar surface area (TPSA) is 16.1 Å². The molecule has 0 radical (unpaired) electrons. The molecule has 1 aromatic carbocycles. The molecule has 0 aliphatic heterocycles. The first-order valence-electron chi connectivity index (χ1n) is 5.67. The van der Waals surface area contributed by atoms with Crippen LogP contribution < -0.4 is 0 Å². The Bertz CT molecular complexity index is 516. The number of aromatic nitrogens is 1. The van der Waals surface area contributed by atoms with E-state index in [0.717, 1.165) is 24.3 Å². The summed E-state index contributed by atoms with van der Waals surface area (Å²) in [5.41, 5.74) is 2.10. The van der Waals surface area contributed by atoms with Crippen LogP contribution in [0.3, 0.4) is 0 Å². The minimum absolute atomic E-state index is 0.230. The Morgan fingerprint density at radius 3 is 2.72 bits per heavy atom. The average molecular weight is 309 g/mol. The smallest absolute Gasteiger partial charge is 0.137 e. The summed E-state index contributed by atoms with van der Waals surface area (Å²) in [4.78, 5) is 6.42. The van der Waals surface area contributed by atoms with Gasteiger partial charge < -0.3 is 0 Å². The van der Waals surface area contributed by atoms with Crippen LogP contribution in [0.5, 0.6) is 0 Å².